The molecule has 31 heavy (non-hydrogen) atoms. The number of esters is 1. The highest BCUT2D eigenvalue weighted by molar-refractivity contribution is 5.79. The Morgan fingerprint density at radius 2 is 1.81 bits per heavy atom. The van der Waals surface area contributed by atoms with Gasteiger partial charge in [-0.1, -0.05) is 12.1 Å². The van der Waals surface area contributed by atoms with Crippen LogP contribution in [-0.4, -0.2) is 59.1 Å². The number of aryl methyl sites for hydroxylation is 1. The third kappa shape index (κ3) is 4.57. The van der Waals surface area contributed by atoms with Gasteiger partial charge >= 0.3 is 5.97 Å². The average molecular weight is 427 g/mol. The van der Waals surface area contributed by atoms with E-state index in [9.17, 15) is 14.4 Å². The molecular weight excluding hydrogens is 396 g/mol. The van der Waals surface area contributed by atoms with E-state index < -0.39 is 0 Å². The lowest BCUT2D eigenvalue weighted by molar-refractivity contribution is -0.151. The Morgan fingerprint density at radius 3 is 2.52 bits per heavy atom. The number of hydrogen-bond donors (Lipinski definition) is 0. The van der Waals surface area contributed by atoms with Crippen molar-refractivity contribution >= 4 is 28.7 Å². The van der Waals surface area contributed by atoms with Gasteiger partial charge < -0.3 is 19.1 Å². The molecule has 2 fully saturated rings. The topological polar surface area (TPSA) is 84.7 Å². The number of benzene rings is 1. The number of carbonyl (C=O) groups is 2. The number of rotatable bonds is 6. The maximum atomic E-state index is 13.2. The summed E-state index contributed by atoms with van der Waals surface area (Å²) in [5.74, 6) is 0.203. The highest BCUT2D eigenvalue weighted by atomic mass is 16.5. The van der Waals surface area contributed by atoms with E-state index in [0.29, 0.717) is 44.9 Å². The summed E-state index contributed by atoms with van der Waals surface area (Å²) in [6, 6.07) is 7.59. The van der Waals surface area contributed by atoms with Gasteiger partial charge in [-0.15, -0.1) is 0 Å². The van der Waals surface area contributed by atoms with Gasteiger partial charge in [-0.25, -0.2) is 4.98 Å². The van der Waals surface area contributed by atoms with E-state index in [4.69, 9.17) is 4.74 Å². The minimum Gasteiger partial charge on any atom is -0.466 e. The molecule has 0 atom stereocenters. The van der Waals surface area contributed by atoms with Gasteiger partial charge in [0, 0.05) is 39.1 Å². The van der Waals surface area contributed by atoms with Crippen molar-refractivity contribution in [2.75, 3.05) is 37.7 Å². The molecule has 0 saturated carbocycles. The third-order valence-corrected chi connectivity index (χ3v) is 6.26. The molecule has 8 nitrogen and oxygen atoms in total. The van der Waals surface area contributed by atoms with Crippen LogP contribution in [0.1, 0.15) is 39.0 Å². The summed E-state index contributed by atoms with van der Waals surface area (Å²) in [4.78, 5) is 46.4. The van der Waals surface area contributed by atoms with E-state index in [1.54, 1.807) is 16.4 Å². The van der Waals surface area contributed by atoms with Crippen LogP contribution in [0.2, 0.25) is 0 Å². The number of hydrogen-bond acceptors (Lipinski definition) is 6. The van der Waals surface area contributed by atoms with Crippen LogP contribution >= 0.6 is 0 Å². The van der Waals surface area contributed by atoms with Crippen molar-refractivity contribution in [2.24, 2.45) is 5.92 Å². The zero-order chi connectivity index (χ0) is 21.8. The number of aromatic nitrogens is 2. The number of amides is 1. The Morgan fingerprint density at radius 1 is 1.10 bits per heavy atom. The van der Waals surface area contributed by atoms with Crippen molar-refractivity contribution in [3.8, 4) is 0 Å². The SMILES string of the molecule is CCOC(=O)C1CCN(C(=O)CCn2c(=O)c(N3CCCC3)nc3ccccc32)CC1. The van der Waals surface area contributed by atoms with Crippen molar-refractivity contribution in [3.05, 3.63) is 34.6 Å². The van der Waals surface area contributed by atoms with Crippen LogP contribution < -0.4 is 10.5 Å². The first kappa shape index (κ1) is 21.3. The van der Waals surface area contributed by atoms with Gasteiger partial charge in [-0.3, -0.25) is 14.4 Å². The van der Waals surface area contributed by atoms with Crippen molar-refractivity contribution in [1.29, 1.82) is 0 Å². The summed E-state index contributed by atoms with van der Waals surface area (Å²) in [7, 11) is 0. The lowest BCUT2D eigenvalue weighted by Gasteiger charge is -2.31. The standard InChI is InChI=1S/C23H30N4O4/c1-2-31-23(30)17-9-14-25(15-10-17)20(28)11-16-27-19-8-4-3-7-18(19)24-21(22(27)29)26-12-5-6-13-26/h3-4,7-8,17H,2,5-6,9-16H2,1H3. The highest BCUT2D eigenvalue weighted by Crippen LogP contribution is 2.21. The minimum absolute atomic E-state index is 0.0119. The van der Waals surface area contributed by atoms with E-state index in [2.05, 4.69) is 4.98 Å². The molecule has 166 valence electrons. The molecule has 8 heteroatoms. The van der Waals surface area contributed by atoms with E-state index in [0.717, 1.165) is 37.0 Å². The maximum Gasteiger partial charge on any atom is 0.309 e. The molecule has 0 aliphatic carbocycles. The van der Waals surface area contributed by atoms with E-state index >= 15 is 0 Å². The first-order valence-electron chi connectivity index (χ1n) is 11.3. The van der Waals surface area contributed by atoms with Crippen molar-refractivity contribution in [1.82, 2.24) is 14.5 Å². The van der Waals surface area contributed by atoms with Crippen molar-refractivity contribution in [3.63, 3.8) is 0 Å². The number of nitrogens with zero attached hydrogens (tertiary/aromatic N) is 4. The van der Waals surface area contributed by atoms with Gasteiger partial charge in [0.1, 0.15) is 0 Å². The molecule has 0 bridgehead atoms. The average Bonchev–Trinajstić information content (AvgIpc) is 3.33. The molecule has 1 aromatic heterocycles. The normalized spacial score (nSPS) is 17.3. The Balaban J connectivity index is 1.46. The van der Waals surface area contributed by atoms with Crippen LogP contribution in [-0.2, 0) is 20.9 Å². The summed E-state index contributed by atoms with van der Waals surface area (Å²) in [5.41, 5.74) is 1.39. The quantitative estimate of drug-likeness (QED) is 0.659. The predicted octanol–water partition coefficient (Wildman–Crippen LogP) is 2.19. The van der Waals surface area contributed by atoms with Gasteiger partial charge in [-0.2, -0.15) is 0 Å². The molecule has 4 rings (SSSR count). The van der Waals surface area contributed by atoms with E-state index in [1.807, 2.05) is 29.2 Å². The predicted molar refractivity (Wildman–Crippen MR) is 118 cm³/mol. The molecule has 2 aliphatic heterocycles. The highest BCUT2D eigenvalue weighted by Gasteiger charge is 2.28. The monoisotopic (exact) mass is 426 g/mol. The fourth-order valence-electron chi connectivity index (χ4n) is 4.53. The van der Waals surface area contributed by atoms with Gasteiger partial charge in [0.15, 0.2) is 5.82 Å². The van der Waals surface area contributed by atoms with Gasteiger partial charge in [-0.05, 0) is 44.7 Å². The lowest BCUT2D eigenvalue weighted by Crippen LogP contribution is -2.41. The molecule has 2 aliphatic rings. The fraction of sp³-hybridized carbons (Fsp3) is 0.565. The largest absolute Gasteiger partial charge is 0.466 e. The first-order chi connectivity index (χ1) is 15.1. The van der Waals surface area contributed by atoms with Gasteiger partial charge in [0.2, 0.25) is 5.91 Å². The van der Waals surface area contributed by atoms with Crippen LogP contribution in [0.4, 0.5) is 5.82 Å². The molecule has 3 heterocycles. The maximum absolute atomic E-state index is 13.2. The number of likely N-dealkylation sites (tertiary alicyclic amines) is 1. The minimum atomic E-state index is -0.168. The molecule has 2 saturated heterocycles. The molecule has 1 aromatic carbocycles. The molecular formula is C23H30N4O4. The number of fused-ring (bicyclic) bond motifs is 1. The smallest absolute Gasteiger partial charge is 0.309 e. The number of anilines is 1. The van der Waals surface area contributed by atoms with Crippen LogP contribution in [0.15, 0.2) is 29.1 Å². The molecule has 0 spiro atoms. The summed E-state index contributed by atoms with van der Waals surface area (Å²) in [6.45, 7) is 5.28. The number of piperidine rings is 1. The zero-order valence-corrected chi connectivity index (χ0v) is 18.1. The Hall–Kier alpha value is -2.90. The van der Waals surface area contributed by atoms with Gasteiger partial charge in [0.25, 0.3) is 5.56 Å². The molecule has 0 N–H and O–H groups in total. The summed E-state index contributed by atoms with van der Waals surface area (Å²) in [6.07, 6.45) is 3.63. The van der Waals surface area contributed by atoms with Crippen LogP contribution in [0, 0.1) is 5.92 Å². The van der Waals surface area contributed by atoms with Gasteiger partial charge in [0.05, 0.1) is 23.6 Å². The molecule has 1 amide bonds. The second kappa shape index (κ2) is 9.49. The third-order valence-electron chi connectivity index (χ3n) is 6.26. The number of ether oxygens (including phenoxy) is 1. The molecule has 0 unspecified atom stereocenters. The fourth-order valence-corrected chi connectivity index (χ4v) is 4.53. The molecule has 2 aromatic rings. The van der Waals surface area contributed by atoms with E-state index in [-0.39, 0.29) is 29.8 Å². The van der Waals surface area contributed by atoms with Crippen molar-refractivity contribution in [2.45, 2.75) is 45.6 Å². The van der Waals surface area contributed by atoms with E-state index in [1.165, 1.54) is 0 Å². The van der Waals surface area contributed by atoms with Crippen LogP contribution in [0.3, 0.4) is 0 Å². The summed E-state index contributed by atoms with van der Waals surface area (Å²) < 4.78 is 6.79. The van der Waals surface area contributed by atoms with Crippen molar-refractivity contribution < 1.29 is 14.3 Å². The Labute approximate surface area is 181 Å². The second-order valence-electron chi connectivity index (χ2n) is 8.23. The number of carbonyl (C=O) groups excluding carboxylic acids is 2. The Kier molecular flexibility index (Phi) is 6.53. The Bertz CT molecular complexity index is 1000. The summed E-state index contributed by atoms with van der Waals surface area (Å²) in [5, 5.41) is 0. The zero-order valence-electron chi connectivity index (χ0n) is 18.1. The van der Waals surface area contributed by atoms with Crippen LogP contribution in [0.5, 0.6) is 0 Å². The lowest BCUT2D eigenvalue weighted by atomic mass is 9.97. The summed E-state index contributed by atoms with van der Waals surface area (Å²) >= 11 is 0. The molecule has 0 radical (unpaired) electrons. The second-order valence-corrected chi connectivity index (χ2v) is 8.23. The first-order valence-corrected chi connectivity index (χ1v) is 11.3. The number of para-hydroxylation sites is 2. The van der Waals surface area contributed by atoms with Crippen LogP contribution in [0.25, 0.3) is 11.0 Å².